The summed E-state index contributed by atoms with van der Waals surface area (Å²) in [6, 6.07) is 0. The summed E-state index contributed by atoms with van der Waals surface area (Å²) in [5, 5.41) is 14.3. The van der Waals surface area contributed by atoms with E-state index in [1.165, 1.54) is 5.56 Å². The minimum atomic E-state index is -0.394. The molecule has 2 fully saturated rings. The minimum Gasteiger partial charge on any atom is -0.394 e. The lowest BCUT2D eigenvalue weighted by Gasteiger charge is -2.39. The predicted octanol–water partition coefficient (Wildman–Crippen LogP) is 1.88. The Kier molecular flexibility index (Phi) is 5.21. The van der Waals surface area contributed by atoms with Gasteiger partial charge in [0.2, 0.25) is 5.91 Å². The van der Waals surface area contributed by atoms with Crippen LogP contribution in [-0.4, -0.2) is 62.4 Å². The second-order valence-corrected chi connectivity index (χ2v) is 8.32. The monoisotopic (exact) mass is 348 g/mol. The summed E-state index contributed by atoms with van der Waals surface area (Å²) in [4.78, 5) is 16.4. The van der Waals surface area contributed by atoms with Crippen molar-refractivity contribution in [3.05, 3.63) is 18.0 Å². The van der Waals surface area contributed by atoms with E-state index in [0.717, 1.165) is 58.4 Å². The van der Waals surface area contributed by atoms with Gasteiger partial charge in [0, 0.05) is 38.3 Å². The highest BCUT2D eigenvalue weighted by atomic mass is 16.3. The Bertz CT molecular complexity index is 606. The zero-order valence-electron chi connectivity index (χ0n) is 15.9. The Hall–Kier alpha value is -1.40. The first-order valence-corrected chi connectivity index (χ1v) is 9.52. The molecule has 6 nitrogen and oxygen atoms in total. The van der Waals surface area contributed by atoms with E-state index < -0.39 is 5.54 Å². The van der Waals surface area contributed by atoms with Gasteiger partial charge in [-0.25, -0.2) is 0 Å². The second-order valence-electron chi connectivity index (χ2n) is 8.32. The smallest absolute Gasteiger partial charge is 0.219 e. The quantitative estimate of drug-likeness (QED) is 0.883. The summed E-state index contributed by atoms with van der Waals surface area (Å²) < 4.78 is 2.02. The minimum absolute atomic E-state index is 0.0503. The highest BCUT2D eigenvalue weighted by Gasteiger charge is 2.52. The number of carbonyl (C=O) groups is 1. The zero-order chi connectivity index (χ0) is 18.1. The van der Waals surface area contributed by atoms with Crippen molar-refractivity contribution < 1.29 is 9.90 Å². The van der Waals surface area contributed by atoms with Crippen LogP contribution >= 0.6 is 0 Å². The van der Waals surface area contributed by atoms with Gasteiger partial charge < -0.3 is 10.0 Å². The molecule has 140 valence electrons. The lowest BCUT2D eigenvalue weighted by Crippen LogP contribution is -2.46. The number of hydrogen-bond donors (Lipinski definition) is 1. The molecule has 1 amide bonds. The van der Waals surface area contributed by atoms with E-state index in [4.69, 9.17) is 0 Å². The van der Waals surface area contributed by atoms with Gasteiger partial charge in [0.1, 0.15) is 0 Å². The fraction of sp³-hybridized carbons (Fsp3) is 0.789. The van der Waals surface area contributed by atoms with Gasteiger partial charge in [-0.3, -0.25) is 14.4 Å². The number of hydrogen-bond acceptors (Lipinski definition) is 4. The van der Waals surface area contributed by atoms with Crippen molar-refractivity contribution in [1.29, 1.82) is 0 Å². The lowest BCUT2D eigenvalue weighted by atomic mass is 9.74. The van der Waals surface area contributed by atoms with Crippen LogP contribution in [0.3, 0.4) is 0 Å². The zero-order valence-corrected chi connectivity index (χ0v) is 15.9. The molecule has 0 saturated carbocycles. The van der Waals surface area contributed by atoms with E-state index in [0.29, 0.717) is 0 Å². The third-order valence-electron chi connectivity index (χ3n) is 6.08. The summed E-state index contributed by atoms with van der Waals surface area (Å²) in [6.07, 6.45) is 8.34. The molecule has 0 aromatic carbocycles. The van der Waals surface area contributed by atoms with Crippen molar-refractivity contribution in [3.8, 4) is 0 Å². The van der Waals surface area contributed by atoms with E-state index in [9.17, 15) is 9.90 Å². The second kappa shape index (κ2) is 7.08. The molecule has 0 aliphatic carbocycles. The highest BCUT2D eigenvalue weighted by molar-refractivity contribution is 5.74. The molecule has 2 aliphatic rings. The number of amides is 1. The average Bonchev–Trinajstić information content (AvgIpc) is 3.13. The first-order chi connectivity index (χ1) is 11.9. The molecule has 1 unspecified atom stereocenters. The van der Waals surface area contributed by atoms with Gasteiger partial charge in [-0.05, 0) is 51.1 Å². The molecule has 1 aromatic heterocycles. The van der Waals surface area contributed by atoms with Crippen LogP contribution in [0.5, 0.6) is 0 Å². The van der Waals surface area contributed by atoms with Crippen molar-refractivity contribution in [2.24, 2.45) is 5.41 Å². The predicted molar refractivity (Wildman–Crippen MR) is 97.0 cm³/mol. The fourth-order valence-corrected chi connectivity index (χ4v) is 4.74. The molecule has 0 radical (unpaired) electrons. The van der Waals surface area contributed by atoms with Crippen molar-refractivity contribution in [2.45, 2.75) is 65.1 Å². The molecule has 2 saturated heterocycles. The Morgan fingerprint density at radius 2 is 2.08 bits per heavy atom. The Balaban J connectivity index is 1.59. The highest BCUT2D eigenvalue weighted by Crippen LogP contribution is 2.48. The first kappa shape index (κ1) is 18.4. The van der Waals surface area contributed by atoms with Crippen LogP contribution < -0.4 is 0 Å². The number of aryl methyl sites for hydroxylation is 1. The van der Waals surface area contributed by atoms with Gasteiger partial charge >= 0.3 is 0 Å². The van der Waals surface area contributed by atoms with Gasteiger partial charge in [0.05, 0.1) is 18.3 Å². The summed E-state index contributed by atoms with van der Waals surface area (Å²) in [7, 11) is 0. The number of rotatable bonds is 5. The third-order valence-corrected chi connectivity index (χ3v) is 6.08. The number of aromatic nitrogens is 2. The van der Waals surface area contributed by atoms with E-state index in [1.54, 1.807) is 6.92 Å². The fourth-order valence-electron chi connectivity index (χ4n) is 4.74. The third kappa shape index (κ3) is 3.75. The van der Waals surface area contributed by atoms with Crippen LogP contribution in [0, 0.1) is 5.41 Å². The van der Waals surface area contributed by atoms with Crippen molar-refractivity contribution in [1.82, 2.24) is 19.6 Å². The van der Waals surface area contributed by atoms with Crippen molar-refractivity contribution in [3.63, 3.8) is 0 Å². The number of likely N-dealkylation sites (tertiary alicyclic amines) is 2. The van der Waals surface area contributed by atoms with Gasteiger partial charge in [0.25, 0.3) is 0 Å². The molecule has 3 rings (SSSR count). The molecular weight excluding hydrogens is 316 g/mol. The Morgan fingerprint density at radius 3 is 2.64 bits per heavy atom. The Morgan fingerprint density at radius 1 is 1.36 bits per heavy atom. The normalized spacial score (nSPS) is 26.5. The maximum Gasteiger partial charge on any atom is 0.219 e. The molecular formula is C19H32N4O2. The number of aliphatic hydroxyl groups excluding tert-OH is 1. The van der Waals surface area contributed by atoms with Crippen LogP contribution in [0.15, 0.2) is 12.4 Å². The summed E-state index contributed by atoms with van der Waals surface area (Å²) in [6.45, 7) is 10.7. The van der Waals surface area contributed by atoms with E-state index in [1.807, 2.05) is 22.7 Å². The number of carbonyl (C=O) groups excluding carboxylic acids is 1. The molecule has 1 aromatic rings. The number of aliphatic hydroxyl groups is 1. The molecule has 3 heterocycles. The van der Waals surface area contributed by atoms with Crippen molar-refractivity contribution in [2.75, 3.05) is 26.2 Å². The molecule has 1 spiro atoms. The average molecular weight is 348 g/mol. The van der Waals surface area contributed by atoms with Crippen LogP contribution in [-0.2, 0) is 17.9 Å². The van der Waals surface area contributed by atoms with E-state index in [2.05, 4.69) is 23.1 Å². The maximum absolute atomic E-state index is 12.0. The van der Waals surface area contributed by atoms with Crippen LogP contribution in [0.25, 0.3) is 0 Å². The molecule has 6 heteroatoms. The Labute approximate surface area is 150 Å². The molecule has 0 bridgehead atoms. The number of nitrogens with zero attached hydrogens (tertiary/aromatic N) is 4. The number of piperidine rings is 1. The molecule has 1 atom stereocenters. The van der Waals surface area contributed by atoms with Gasteiger partial charge in [0.15, 0.2) is 0 Å². The largest absolute Gasteiger partial charge is 0.394 e. The maximum atomic E-state index is 12.0. The first-order valence-electron chi connectivity index (χ1n) is 9.52. The lowest BCUT2D eigenvalue weighted by molar-refractivity contribution is -0.134. The van der Waals surface area contributed by atoms with Crippen LogP contribution in [0.4, 0.5) is 0 Å². The van der Waals surface area contributed by atoms with Gasteiger partial charge in [-0.15, -0.1) is 0 Å². The van der Waals surface area contributed by atoms with Crippen LogP contribution in [0.1, 0.15) is 52.0 Å². The van der Waals surface area contributed by atoms with E-state index >= 15 is 0 Å². The summed E-state index contributed by atoms with van der Waals surface area (Å²) in [5.41, 5.74) is 1.06. The summed E-state index contributed by atoms with van der Waals surface area (Å²) >= 11 is 0. The molecule has 2 aliphatic heterocycles. The van der Waals surface area contributed by atoms with E-state index in [-0.39, 0.29) is 17.9 Å². The molecule has 1 N–H and O–H groups in total. The SMILES string of the molecule is CCCn1cc(CN2CCC3(CC2)CN(C(C)=O)C(C)(CO)C3)cn1. The molecule has 25 heavy (non-hydrogen) atoms. The van der Waals surface area contributed by atoms with Crippen LogP contribution in [0.2, 0.25) is 0 Å². The topological polar surface area (TPSA) is 61.6 Å². The summed E-state index contributed by atoms with van der Waals surface area (Å²) in [5.74, 6) is 0.0826. The standard InChI is InChI=1S/C19H32N4O2/c1-4-7-22-12-17(10-20-22)11-21-8-5-19(6-9-21)13-18(3,15-24)23(14-19)16(2)25/h10,12,24H,4-9,11,13-15H2,1-3H3. The van der Waals surface area contributed by atoms with Crippen molar-refractivity contribution >= 4 is 5.91 Å². The van der Waals surface area contributed by atoms with Gasteiger partial charge in [-0.1, -0.05) is 6.92 Å². The van der Waals surface area contributed by atoms with Gasteiger partial charge in [-0.2, -0.15) is 5.10 Å².